The van der Waals surface area contributed by atoms with Crippen molar-refractivity contribution in [3.05, 3.63) is 0 Å². The second-order valence-corrected chi connectivity index (χ2v) is 3.19. The zero-order valence-corrected chi connectivity index (χ0v) is 6.93. The van der Waals surface area contributed by atoms with Gasteiger partial charge in [-0.3, -0.25) is 4.79 Å². The maximum atomic E-state index is 10.7. The lowest BCUT2D eigenvalue weighted by atomic mass is 10.2. The molecule has 11 heavy (non-hydrogen) atoms. The molecule has 0 spiro atoms. The molecule has 1 saturated carbocycles. The van der Waals surface area contributed by atoms with Gasteiger partial charge in [-0.1, -0.05) is 6.92 Å². The van der Waals surface area contributed by atoms with Crippen LogP contribution in [-0.2, 0) is 9.53 Å². The van der Waals surface area contributed by atoms with Crippen LogP contribution in [0.15, 0.2) is 0 Å². The van der Waals surface area contributed by atoms with Gasteiger partial charge in [-0.2, -0.15) is 0 Å². The van der Waals surface area contributed by atoms with Gasteiger partial charge in [-0.25, -0.2) is 0 Å². The lowest BCUT2D eigenvalue weighted by Crippen LogP contribution is -2.24. The quantitative estimate of drug-likeness (QED) is 0.615. The molecule has 0 heterocycles. The van der Waals surface area contributed by atoms with E-state index in [0.29, 0.717) is 13.0 Å². The predicted molar refractivity (Wildman–Crippen MR) is 42.0 cm³/mol. The molecule has 1 aliphatic carbocycles. The van der Waals surface area contributed by atoms with Crippen LogP contribution < -0.4 is 5.73 Å². The van der Waals surface area contributed by atoms with Crippen LogP contribution in [0.1, 0.15) is 32.6 Å². The number of nitrogens with two attached hydrogens (primary N) is 1. The van der Waals surface area contributed by atoms with E-state index in [0.717, 1.165) is 19.3 Å². The van der Waals surface area contributed by atoms with E-state index in [4.69, 9.17) is 10.5 Å². The monoisotopic (exact) mass is 157 g/mol. The number of hydrogen-bond donors (Lipinski definition) is 1. The van der Waals surface area contributed by atoms with Crippen molar-refractivity contribution in [1.82, 2.24) is 0 Å². The van der Waals surface area contributed by atoms with Gasteiger partial charge in [0, 0.05) is 12.0 Å². The Morgan fingerprint density at radius 3 is 2.73 bits per heavy atom. The molecule has 0 radical (unpaired) electrons. The van der Waals surface area contributed by atoms with Gasteiger partial charge in [0.15, 0.2) is 0 Å². The van der Waals surface area contributed by atoms with Crippen molar-refractivity contribution in [2.45, 2.75) is 38.1 Å². The van der Waals surface area contributed by atoms with E-state index >= 15 is 0 Å². The Kier molecular flexibility index (Phi) is 2.49. The Balaban J connectivity index is 2.00. The van der Waals surface area contributed by atoms with Crippen molar-refractivity contribution in [3.63, 3.8) is 0 Å². The molecule has 0 unspecified atom stereocenters. The van der Waals surface area contributed by atoms with Crippen LogP contribution in [0.5, 0.6) is 0 Å². The molecule has 0 aromatic rings. The molecular formula is C8H15NO2. The van der Waals surface area contributed by atoms with E-state index in [1.54, 1.807) is 6.92 Å². The highest BCUT2D eigenvalue weighted by Crippen LogP contribution is 2.35. The maximum Gasteiger partial charge on any atom is 0.305 e. The molecule has 2 N–H and O–H groups in total. The Bertz CT molecular complexity index is 152. The summed E-state index contributed by atoms with van der Waals surface area (Å²) in [5, 5.41) is 0. The molecule has 3 heteroatoms. The Hall–Kier alpha value is -0.570. The van der Waals surface area contributed by atoms with E-state index in [2.05, 4.69) is 0 Å². The van der Waals surface area contributed by atoms with Gasteiger partial charge in [0.2, 0.25) is 0 Å². The summed E-state index contributed by atoms with van der Waals surface area (Å²) in [4.78, 5) is 10.7. The minimum Gasteiger partial charge on any atom is -0.466 e. The van der Waals surface area contributed by atoms with Crippen molar-refractivity contribution in [2.24, 2.45) is 5.73 Å². The van der Waals surface area contributed by atoms with Gasteiger partial charge in [-0.05, 0) is 19.3 Å². The average molecular weight is 157 g/mol. The fourth-order valence-electron chi connectivity index (χ4n) is 0.881. The van der Waals surface area contributed by atoms with E-state index in [-0.39, 0.29) is 11.5 Å². The Labute approximate surface area is 66.9 Å². The van der Waals surface area contributed by atoms with Crippen LogP contribution in [-0.4, -0.2) is 18.1 Å². The fraction of sp³-hybridized carbons (Fsp3) is 0.875. The van der Waals surface area contributed by atoms with E-state index in [9.17, 15) is 4.79 Å². The van der Waals surface area contributed by atoms with Gasteiger partial charge in [0.1, 0.15) is 0 Å². The number of hydrogen-bond acceptors (Lipinski definition) is 3. The number of carbonyl (C=O) groups excluding carboxylic acids is 1. The highest BCUT2D eigenvalue weighted by molar-refractivity contribution is 5.68. The van der Waals surface area contributed by atoms with Crippen molar-refractivity contribution < 1.29 is 9.53 Å². The lowest BCUT2D eigenvalue weighted by Gasteiger charge is -2.07. The highest BCUT2D eigenvalue weighted by Gasteiger charge is 2.37. The first-order valence-electron chi connectivity index (χ1n) is 4.11. The van der Waals surface area contributed by atoms with Gasteiger partial charge in [0.25, 0.3) is 0 Å². The third-order valence-electron chi connectivity index (χ3n) is 2.04. The second-order valence-electron chi connectivity index (χ2n) is 3.19. The van der Waals surface area contributed by atoms with E-state index in [1.165, 1.54) is 0 Å². The van der Waals surface area contributed by atoms with Crippen LogP contribution in [0, 0.1) is 0 Å². The summed E-state index contributed by atoms with van der Waals surface area (Å²) in [5.74, 6) is -0.130. The molecule has 1 fully saturated rings. The van der Waals surface area contributed by atoms with E-state index < -0.39 is 0 Å². The summed E-state index contributed by atoms with van der Waals surface area (Å²) in [6.45, 7) is 2.28. The van der Waals surface area contributed by atoms with Gasteiger partial charge in [0.05, 0.1) is 6.61 Å². The third-order valence-corrected chi connectivity index (χ3v) is 2.04. The molecule has 1 rings (SSSR count). The van der Waals surface area contributed by atoms with Gasteiger partial charge < -0.3 is 10.5 Å². The molecule has 0 aromatic heterocycles. The minimum absolute atomic E-state index is 0.00796. The summed E-state index contributed by atoms with van der Waals surface area (Å²) in [5.41, 5.74) is 5.79. The zero-order chi connectivity index (χ0) is 8.32. The molecule has 0 amide bonds. The van der Waals surface area contributed by atoms with Crippen molar-refractivity contribution in [2.75, 3.05) is 6.61 Å². The topological polar surface area (TPSA) is 52.3 Å². The molecule has 0 aromatic carbocycles. The molecule has 64 valence electrons. The lowest BCUT2D eigenvalue weighted by molar-refractivity contribution is -0.143. The molecular weight excluding hydrogens is 142 g/mol. The van der Waals surface area contributed by atoms with E-state index in [1.807, 2.05) is 0 Å². The SMILES string of the molecule is CCC(=O)OCCC1(N)CC1. The van der Waals surface area contributed by atoms with Crippen LogP contribution in [0.4, 0.5) is 0 Å². The first-order valence-corrected chi connectivity index (χ1v) is 4.11. The van der Waals surface area contributed by atoms with Crippen LogP contribution in [0.3, 0.4) is 0 Å². The third kappa shape index (κ3) is 2.89. The summed E-state index contributed by atoms with van der Waals surface area (Å²) in [6, 6.07) is 0. The average Bonchev–Trinajstić information content (AvgIpc) is 2.68. The number of ether oxygens (including phenoxy) is 1. The summed E-state index contributed by atoms with van der Waals surface area (Å²) < 4.78 is 4.89. The summed E-state index contributed by atoms with van der Waals surface area (Å²) in [7, 11) is 0. The number of esters is 1. The minimum atomic E-state index is -0.130. The Morgan fingerprint density at radius 2 is 2.27 bits per heavy atom. The molecule has 0 bridgehead atoms. The largest absolute Gasteiger partial charge is 0.466 e. The summed E-state index contributed by atoms with van der Waals surface area (Å²) in [6.07, 6.45) is 3.43. The maximum absolute atomic E-state index is 10.7. The molecule has 0 aliphatic heterocycles. The zero-order valence-electron chi connectivity index (χ0n) is 6.93. The van der Waals surface area contributed by atoms with Gasteiger partial charge >= 0.3 is 5.97 Å². The van der Waals surface area contributed by atoms with Crippen molar-refractivity contribution in [3.8, 4) is 0 Å². The molecule has 0 saturated heterocycles. The standard InChI is InChI=1S/C8H15NO2/c1-2-7(10)11-6-5-8(9)3-4-8/h2-6,9H2,1H3. The molecule has 1 aliphatic rings. The Morgan fingerprint density at radius 1 is 1.64 bits per heavy atom. The van der Waals surface area contributed by atoms with Crippen LogP contribution in [0.2, 0.25) is 0 Å². The van der Waals surface area contributed by atoms with Crippen molar-refractivity contribution in [1.29, 1.82) is 0 Å². The first-order chi connectivity index (χ1) is 5.16. The second kappa shape index (κ2) is 3.22. The normalized spacial score (nSPS) is 19.5. The van der Waals surface area contributed by atoms with Crippen LogP contribution in [0.25, 0.3) is 0 Å². The van der Waals surface area contributed by atoms with Crippen molar-refractivity contribution >= 4 is 5.97 Å². The first kappa shape index (κ1) is 8.53. The number of rotatable bonds is 4. The molecule has 3 nitrogen and oxygen atoms in total. The van der Waals surface area contributed by atoms with Gasteiger partial charge in [-0.15, -0.1) is 0 Å². The number of carbonyl (C=O) groups is 1. The fourth-order valence-corrected chi connectivity index (χ4v) is 0.881. The highest BCUT2D eigenvalue weighted by atomic mass is 16.5. The summed E-state index contributed by atoms with van der Waals surface area (Å²) >= 11 is 0. The smallest absolute Gasteiger partial charge is 0.305 e. The van der Waals surface area contributed by atoms with Crippen LogP contribution >= 0.6 is 0 Å². The predicted octanol–water partition coefficient (Wildman–Crippen LogP) is 0.821. The molecule has 0 atom stereocenters.